The van der Waals surface area contributed by atoms with E-state index in [1.807, 2.05) is 30.3 Å². The molecule has 1 saturated carbocycles. The van der Waals surface area contributed by atoms with Crippen molar-refractivity contribution in [2.24, 2.45) is 0 Å². The number of nitrogens with two attached hydrogens (primary N) is 1. The molecule has 2 aromatic rings. The fraction of sp³-hybridized carbons (Fsp3) is 0.250. The maximum absolute atomic E-state index is 12.6. The van der Waals surface area contributed by atoms with Crippen molar-refractivity contribution in [2.75, 3.05) is 5.73 Å². The number of hydrogen-bond donors (Lipinski definition) is 1. The van der Waals surface area contributed by atoms with Gasteiger partial charge in [0.2, 0.25) is 0 Å². The number of rotatable bonds is 4. The number of carbonyl (C=O) groups is 1. The van der Waals surface area contributed by atoms with Crippen LogP contribution in [-0.4, -0.2) is 10.8 Å². The van der Waals surface area contributed by atoms with Crippen LogP contribution in [0.25, 0.3) is 0 Å². The minimum Gasteiger partial charge on any atom is -0.399 e. The van der Waals surface area contributed by atoms with E-state index in [9.17, 15) is 4.79 Å². The number of nitrogens with zero attached hydrogens (tertiary/aromatic N) is 1. The molecule has 3 rings (SSSR count). The Morgan fingerprint density at radius 3 is 2.55 bits per heavy atom. The van der Waals surface area contributed by atoms with Crippen molar-refractivity contribution in [1.29, 1.82) is 0 Å². The number of carbonyl (C=O) groups excluding carboxylic acids is 1. The third kappa shape index (κ3) is 2.48. The van der Waals surface area contributed by atoms with Gasteiger partial charge in [-0.05, 0) is 58.1 Å². The van der Waals surface area contributed by atoms with E-state index >= 15 is 0 Å². The van der Waals surface area contributed by atoms with Gasteiger partial charge in [0.05, 0.1) is 5.41 Å². The number of ketones is 1. The van der Waals surface area contributed by atoms with Gasteiger partial charge in [0.25, 0.3) is 0 Å². The highest BCUT2D eigenvalue weighted by Gasteiger charge is 2.50. The van der Waals surface area contributed by atoms with Crippen LogP contribution in [0.1, 0.15) is 24.0 Å². The number of pyridine rings is 1. The maximum Gasteiger partial charge on any atom is 0.147 e. The van der Waals surface area contributed by atoms with E-state index in [1.54, 1.807) is 12.4 Å². The Hall–Kier alpha value is -1.68. The first-order chi connectivity index (χ1) is 9.60. The molecule has 1 fully saturated rings. The summed E-state index contributed by atoms with van der Waals surface area (Å²) in [5, 5.41) is 0. The topological polar surface area (TPSA) is 56.0 Å². The fourth-order valence-electron chi connectivity index (χ4n) is 2.56. The molecular formula is C16H15BrN2O. The van der Waals surface area contributed by atoms with Crippen LogP contribution in [0.4, 0.5) is 5.69 Å². The van der Waals surface area contributed by atoms with Gasteiger partial charge in [-0.3, -0.25) is 9.78 Å². The predicted octanol–water partition coefficient (Wildman–Crippen LogP) is 3.27. The van der Waals surface area contributed by atoms with Crippen LogP contribution in [-0.2, 0) is 16.6 Å². The summed E-state index contributed by atoms with van der Waals surface area (Å²) in [6.45, 7) is 0. The van der Waals surface area contributed by atoms with Crippen LogP contribution in [0, 0.1) is 0 Å². The largest absolute Gasteiger partial charge is 0.399 e. The lowest BCUT2D eigenvalue weighted by atomic mass is 9.88. The molecule has 4 heteroatoms. The SMILES string of the molecule is Nc1ccc(C2(C(=O)Cc3cncc(Br)c3)CC2)cc1. The molecular weight excluding hydrogens is 316 g/mol. The molecule has 0 bridgehead atoms. The Labute approximate surface area is 126 Å². The fourth-order valence-corrected chi connectivity index (χ4v) is 2.98. The monoisotopic (exact) mass is 330 g/mol. The van der Waals surface area contributed by atoms with Gasteiger partial charge in [-0.1, -0.05) is 12.1 Å². The number of anilines is 1. The van der Waals surface area contributed by atoms with E-state index in [1.165, 1.54) is 0 Å². The summed E-state index contributed by atoms with van der Waals surface area (Å²) in [7, 11) is 0. The van der Waals surface area contributed by atoms with Crippen molar-refractivity contribution in [3.05, 3.63) is 58.3 Å². The van der Waals surface area contributed by atoms with Gasteiger partial charge in [-0.15, -0.1) is 0 Å². The van der Waals surface area contributed by atoms with Crippen molar-refractivity contribution in [1.82, 2.24) is 4.98 Å². The van der Waals surface area contributed by atoms with E-state index < -0.39 is 0 Å². The van der Waals surface area contributed by atoms with E-state index in [0.717, 1.165) is 34.1 Å². The zero-order valence-electron chi connectivity index (χ0n) is 11.0. The van der Waals surface area contributed by atoms with Crippen molar-refractivity contribution in [3.8, 4) is 0 Å². The quantitative estimate of drug-likeness (QED) is 0.875. The number of nitrogen functional groups attached to an aromatic ring is 1. The van der Waals surface area contributed by atoms with Gasteiger partial charge in [0, 0.05) is 29.0 Å². The second kappa shape index (κ2) is 5.02. The average Bonchev–Trinajstić information content (AvgIpc) is 3.21. The van der Waals surface area contributed by atoms with Crippen LogP contribution in [0.3, 0.4) is 0 Å². The van der Waals surface area contributed by atoms with Crippen LogP contribution >= 0.6 is 15.9 Å². The Morgan fingerprint density at radius 2 is 1.95 bits per heavy atom. The predicted molar refractivity (Wildman–Crippen MR) is 82.4 cm³/mol. The molecule has 0 radical (unpaired) electrons. The smallest absolute Gasteiger partial charge is 0.147 e. The average molecular weight is 331 g/mol. The molecule has 1 aromatic heterocycles. The Bertz CT molecular complexity index is 648. The van der Waals surface area contributed by atoms with Gasteiger partial charge >= 0.3 is 0 Å². The number of benzene rings is 1. The summed E-state index contributed by atoms with van der Waals surface area (Å²) in [6, 6.07) is 9.62. The third-order valence-corrected chi connectivity index (χ3v) is 4.31. The molecule has 2 N–H and O–H groups in total. The summed E-state index contributed by atoms with van der Waals surface area (Å²) in [5.74, 6) is 0.266. The second-order valence-electron chi connectivity index (χ2n) is 5.32. The zero-order chi connectivity index (χ0) is 14.2. The lowest BCUT2D eigenvalue weighted by Crippen LogP contribution is -2.22. The summed E-state index contributed by atoms with van der Waals surface area (Å²) in [4.78, 5) is 16.7. The minimum absolute atomic E-state index is 0.266. The first-order valence-corrected chi connectivity index (χ1v) is 7.38. The lowest BCUT2D eigenvalue weighted by Gasteiger charge is -2.14. The number of Topliss-reactive ketones (excluding diaryl/α,β-unsaturated/α-hetero) is 1. The second-order valence-corrected chi connectivity index (χ2v) is 6.23. The standard InChI is InChI=1S/C16H15BrN2O/c17-13-7-11(9-19-10-13)8-15(20)16(5-6-16)12-1-3-14(18)4-2-12/h1-4,7,9-10H,5-6,8,18H2. The molecule has 0 aliphatic heterocycles. The molecule has 1 aliphatic rings. The number of hydrogen-bond acceptors (Lipinski definition) is 3. The molecule has 0 atom stereocenters. The van der Waals surface area contributed by atoms with E-state index in [2.05, 4.69) is 20.9 Å². The lowest BCUT2D eigenvalue weighted by molar-refractivity contribution is -0.120. The first kappa shape index (κ1) is 13.3. The molecule has 0 saturated heterocycles. The summed E-state index contributed by atoms with van der Waals surface area (Å²) in [5.41, 5.74) is 8.18. The van der Waals surface area contributed by atoms with E-state index in [-0.39, 0.29) is 11.2 Å². The zero-order valence-corrected chi connectivity index (χ0v) is 12.6. The summed E-state index contributed by atoms with van der Waals surface area (Å²) >= 11 is 3.38. The Morgan fingerprint density at radius 1 is 1.25 bits per heavy atom. The Kier molecular flexibility index (Phi) is 3.34. The normalized spacial score (nSPS) is 15.8. The summed E-state index contributed by atoms with van der Waals surface area (Å²) in [6.07, 6.45) is 5.76. The van der Waals surface area contributed by atoms with E-state index in [0.29, 0.717) is 6.42 Å². The van der Waals surface area contributed by atoms with E-state index in [4.69, 9.17) is 5.73 Å². The van der Waals surface area contributed by atoms with Crippen LogP contribution < -0.4 is 5.73 Å². The van der Waals surface area contributed by atoms with Crippen molar-refractivity contribution in [2.45, 2.75) is 24.7 Å². The molecule has 1 aliphatic carbocycles. The van der Waals surface area contributed by atoms with Crippen LogP contribution in [0.15, 0.2) is 47.2 Å². The maximum atomic E-state index is 12.6. The van der Waals surface area contributed by atoms with Crippen molar-refractivity contribution >= 4 is 27.4 Å². The highest BCUT2D eigenvalue weighted by molar-refractivity contribution is 9.10. The van der Waals surface area contributed by atoms with Gasteiger partial charge in [-0.25, -0.2) is 0 Å². The molecule has 0 spiro atoms. The molecule has 1 heterocycles. The highest BCUT2D eigenvalue weighted by atomic mass is 79.9. The van der Waals surface area contributed by atoms with Crippen molar-refractivity contribution in [3.63, 3.8) is 0 Å². The first-order valence-electron chi connectivity index (χ1n) is 6.59. The van der Waals surface area contributed by atoms with Gasteiger partial charge < -0.3 is 5.73 Å². The molecule has 0 amide bonds. The van der Waals surface area contributed by atoms with Crippen LogP contribution in [0.5, 0.6) is 0 Å². The third-order valence-electron chi connectivity index (χ3n) is 3.87. The molecule has 3 nitrogen and oxygen atoms in total. The molecule has 102 valence electrons. The molecule has 20 heavy (non-hydrogen) atoms. The molecule has 1 aromatic carbocycles. The highest BCUT2D eigenvalue weighted by Crippen LogP contribution is 2.49. The Balaban J connectivity index is 1.81. The number of halogens is 1. The van der Waals surface area contributed by atoms with Crippen molar-refractivity contribution < 1.29 is 4.79 Å². The van der Waals surface area contributed by atoms with Gasteiger partial charge in [0.1, 0.15) is 5.78 Å². The summed E-state index contributed by atoms with van der Waals surface area (Å²) < 4.78 is 0.903. The van der Waals surface area contributed by atoms with Gasteiger partial charge in [-0.2, -0.15) is 0 Å². The van der Waals surface area contributed by atoms with Gasteiger partial charge in [0.15, 0.2) is 0 Å². The van der Waals surface area contributed by atoms with Crippen LogP contribution in [0.2, 0.25) is 0 Å². The minimum atomic E-state index is -0.296. The number of aromatic nitrogens is 1. The molecule has 0 unspecified atom stereocenters.